The van der Waals surface area contributed by atoms with Gasteiger partial charge in [-0.2, -0.15) is 0 Å². The quantitative estimate of drug-likeness (QED) is 0.830. The van der Waals surface area contributed by atoms with Gasteiger partial charge in [0.15, 0.2) is 0 Å². The maximum atomic E-state index is 13.7. The van der Waals surface area contributed by atoms with E-state index >= 15 is 0 Å². The molecule has 0 aromatic heterocycles. The van der Waals surface area contributed by atoms with Gasteiger partial charge in [0, 0.05) is 42.0 Å². The van der Waals surface area contributed by atoms with E-state index in [0.717, 1.165) is 11.1 Å². The Balaban J connectivity index is 1.50. The number of carbonyl (C=O) groups is 2. The second kappa shape index (κ2) is 6.84. The lowest BCUT2D eigenvalue weighted by Crippen LogP contribution is -2.30. The summed E-state index contributed by atoms with van der Waals surface area (Å²) in [4.78, 5) is 25.3. The highest BCUT2D eigenvalue weighted by Crippen LogP contribution is 2.45. The van der Waals surface area contributed by atoms with Crippen molar-refractivity contribution in [1.82, 2.24) is 10.6 Å². The molecule has 4 atom stereocenters. The minimum atomic E-state index is -0.334. The van der Waals surface area contributed by atoms with Gasteiger partial charge in [-0.05, 0) is 29.8 Å². The molecular formula is C22H21FN2O4. The molecule has 1 saturated heterocycles. The zero-order valence-electron chi connectivity index (χ0n) is 15.9. The molecule has 2 N–H and O–H groups in total. The summed E-state index contributed by atoms with van der Waals surface area (Å²) in [5.41, 5.74) is 2.19. The van der Waals surface area contributed by atoms with E-state index in [0.29, 0.717) is 41.9 Å². The predicted molar refractivity (Wildman–Crippen MR) is 103 cm³/mol. The van der Waals surface area contributed by atoms with Crippen LogP contribution in [0, 0.1) is 17.7 Å². The first-order valence-corrected chi connectivity index (χ1v) is 9.73. The van der Waals surface area contributed by atoms with Gasteiger partial charge in [-0.1, -0.05) is 12.1 Å². The van der Waals surface area contributed by atoms with E-state index in [1.807, 2.05) is 6.07 Å². The van der Waals surface area contributed by atoms with Gasteiger partial charge in [0.05, 0.1) is 25.4 Å². The Bertz CT molecular complexity index is 998. The van der Waals surface area contributed by atoms with Gasteiger partial charge in [0.1, 0.15) is 11.6 Å². The molecule has 5 rings (SSSR count). The number of benzene rings is 2. The molecule has 2 heterocycles. The second-order valence-corrected chi connectivity index (χ2v) is 7.80. The number of ether oxygens (including phenoxy) is 2. The summed E-state index contributed by atoms with van der Waals surface area (Å²) in [6, 6.07) is 9.76. The highest BCUT2D eigenvalue weighted by Gasteiger charge is 2.54. The van der Waals surface area contributed by atoms with Crippen LogP contribution < -0.4 is 15.4 Å². The topological polar surface area (TPSA) is 76.7 Å². The lowest BCUT2D eigenvalue weighted by Gasteiger charge is -2.14. The van der Waals surface area contributed by atoms with Crippen molar-refractivity contribution in [3.63, 3.8) is 0 Å². The summed E-state index contributed by atoms with van der Waals surface area (Å²) < 4.78 is 24.9. The molecule has 3 aliphatic rings. The third-order valence-corrected chi connectivity index (χ3v) is 6.12. The number of amides is 2. The fourth-order valence-electron chi connectivity index (χ4n) is 4.45. The van der Waals surface area contributed by atoms with Crippen molar-refractivity contribution >= 4 is 11.8 Å². The van der Waals surface area contributed by atoms with Crippen LogP contribution in [0.15, 0.2) is 36.4 Å². The Kier molecular flexibility index (Phi) is 4.28. The van der Waals surface area contributed by atoms with E-state index in [2.05, 4.69) is 10.6 Å². The number of carbonyl (C=O) groups excluding carboxylic acids is 2. The summed E-state index contributed by atoms with van der Waals surface area (Å²) in [6.07, 6.45) is 0. The van der Waals surface area contributed by atoms with Crippen molar-refractivity contribution in [2.45, 2.75) is 12.0 Å². The number of rotatable bonds is 4. The molecule has 1 aliphatic carbocycles. The van der Waals surface area contributed by atoms with Crippen LogP contribution >= 0.6 is 0 Å². The number of halogens is 1. The first kappa shape index (κ1) is 18.1. The third kappa shape index (κ3) is 3.06. The summed E-state index contributed by atoms with van der Waals surface area (Å²) in [5, 5.41) is 5.66. The lowest BCUT2D eigenvalue weighted by atomic mass is 9.90. The van der Waals surface area contributed by atoms with E-state index < -0.39 is 0 Å². The zero-order valence-corrected chi connectivity index (χ0v) is 15.9. The average molecular weight is 396 g/mol. The number of fused-ring (bicyclic) bond motifs is 2. The SMILES string of the molecule is CNC(=O)c1cc(C(=O)NC2[C@H]3COC[C@@H]23)cc2c1OCC2c1cccc(F)c1. The van der Waals surface area contributed by atoms with Crippen molar-refractivity contribution < 1.29 is 23.5 Å². The summed E-state index contributed by atoms with van der Waals surface area (Å²) in [7, 11) is 1.53. The third-order valence-electron chi connectivity index (χ3n) is 6.12. The Morgan fingerprint density at radius 2 is 1.86 bits per heavy atom. The number of hydrogen-bond donors (Lipinski definition) is 2. The first-order valence-electron chi connectivity index (χ1n) is 9.73. The van der Waals surface area contributed by atoms with Crippen LogP contribution in [0.1, 0.15) is 37.8 Å². The molecule has 7 heteroatoms. The molecular weight excluding hydrogens is 375 g/mol. The summed E-state index contributed by atoms with van der Waals surface area (Å²) >= 11 is 0. The van der Waals surface area contributed by atoms with Gasteiger partial charge in [0.25, 0.3) is 11.8 Å². The van der Waals surface area contributed by atoms with Crippen LogP contribution in [0.5, 0.6) is 5.75 Å². The van der Waals surface area contributed by atoms with Crippen LogP contribution in [-0.4, -0.2) is 44.7 Å². The molecule has 2 fully saturated rings. The Morgan fingerprint density at radius 1 is 1.07 bits per heavy atom. The van der Waals surface area contributed by atoms with Gasteiger partial charge < -0.3 is 20.1 Å². The molecule has 2 aromatic rings. The van der Waals surface area contributed by atoms with Crippen LogP contribution in [-0.2, 0) is 4.74 Å². The van der Waals surface area contributed by atoms with Crippen molar-refractivity contribution in [2.75, 3.05) is 26.9 Å². The van der Waals surface area contributed by atoms with E-state index in [1.54, 1.807) is 18.2 Å². The summed E-state index contributed by atoms with van der Waals surface area (Å²) in [6.45, 7) is 1.65. The van der Waals surface area contributed by atoms with Gasteiger partial charge in [-0.15, -0.1) is 0 Å². The molecule has 2 amide bonds. The van der Waals surface area contributed by atoms with Gasteiger partial charge >= 0.3 is 0 Å². The second-order valence-electron chi connectivity index (χ2n) is 7.80. The van der Waals surface area contributed by atoms with E-state index in [-0.39, 0.29) is 36.2 Å². The van der Waals surface area contributed by atoms with Gasteiger partial charge in [-0.3, -0.25) is 9.59 Å². The van der Waals surface area contributed by atoms with Crippen molar-refractivity contribution in [3.8, 4) is 5.75 Å². The van der Waals surface area contributed by atoms with Gasteiger partial charge in [0.2, 0.25) is 0 Å². The van der Waals surface area contributed by atoms with E-state index in [4.69, 9.17) is 9.47 Å². The lowest BCUT2D eigenvalue weighted by molar-refractivity contribution is 0.0929. The van der Waals surface area contributed by atoms with Crippen molar-refractivity contribution in [2.24, 2.45) is 11.8 Å². The monoisotopic (exact) mass is 396 g/mol. The van der Waals surface area contributed by atoms with E-state index in [1.165, 1.54) is 19.2 Å². The fraction of sp³-hybridized carbons (Fsp3) is 0.364. The molecule has 0 radical (unpaired) electrons. The number of hydrogen-bond acceptors (Lipinski definition) is 4. The molecule has 150 valence electrons. The van der Waals surface area contributed by atoms with Crippen LogP contribution in [0.4, 0.5) is 4.39 Å². The smallest absolute Gasteiger partial charge is 0.254 e. The number of nitrogens with one attached hydrogen (secondary N) is 2. The fourth-order valence-corrected chi connectivity index (χ4v) is 4.45. The maximum absolute atomic E-state index is 13.7. The molecule has 1 saturated carbocycles. The Hall–Kier alpha value is -2.93. The van der Waals surface area contributed by atoms with Crippen LogP contribution in [0.2, 0.25) is 0 Å². The average Bonchev–Trinajstić information content (AvgIpc) is 3.09. The summed E-state index contributed by atoms with van der Waals surface area (Å²) in [5.74, 6) is 0.0938. The standard InChI is InChI=1S/C22H21FN2O4/c1-24-22(27)15-7-12(21(26)25-19-17-8-28-9-18(17)19)6-14-16(10-29-20(14)15)11-3-2-4-13(23)5-11/h2-7,16-19H,8-10H2,1H3,(H,24,27)(H,25,26)/t16?,17-,18+,19?. The first-order chi connectivity index (χ1) is 14.1. The van der Waals surface area contributed by atoms with E-state index in [9.17, 15) is 14.0 Å². The molecule has 0 spiro atoms. The molecule has 0 bridgehead atoms. The molecule has 6 nitrogen and oxygen atoms in total. The molecule has 2 aromatic carbocycles. The van der Waals surface area contributed by atoms with Crippen molar-refractivity contribution in [1.29, 1.82) is 0 Å². The molecule has 29 heavy (non-hydrogen) atoms. The minimum Gasteiger partial charge on any atom is -0.491 e. The van der Waals surface area contributed by atoms with Crippen LogP contribution in [0.25, 0.3) is 0 Å². The largest absolute Gasteiger partial charge is 0.491 e. The minimum absolute atomic E-state index is 0.128. The van der Waals surface area contributed by atoms with Crippen LogP contribution in [0.3, 0.4) is 0 Å². The normalized spacial score (nSPS) is 26.3. The molecule has 2 aliphatic heterocycles. The predicted octanol–water partition coefficient (Wildman–Crippen LogP) is 2.08. The van der Waals surface area contributed by atoms with Crippen molar-refractivity contribution in [3.05, 3.63) is 64.5 Å². The Labute approximate surface area is 167 Å². The highest BCUT2D eigenvalue weighted by atomic mass is 19.1. The molecule has 2 unspecified atom stereocenters. The highest BCUT2D eigenvalue weighted by molar-refractivity contribution is 6.02. The van der Waals surface area contributed by atoms with Gasteiger partial charge in [-0.25, -0.2) is 4.39 Å². The zero-order chi connectivity index (χ0) is 20.1. The maximum Gasteiger partial charge on any atom is 0.254 e. The Morgan fingerprint density at radius 3 is 2.59 bits per heavy atom.